The highest BCUT2D eigenvalue weighted by molar-refractivity contribution is 5.14. The Hall–Kier alpha value is -0.860. The summed E-state index contributed by atoms with van der Waals surface area (Å²) in [5.74, 6) is 0. The summed E-state index contributed by atoms with van der Waals surface area (Å²) in [6, 6.07) is 10.8. The fraction of sp³-hybridized carbons (Fsp3) is 0.842. The van der Waals surface area contributed by atoms with E-state index in [0.717, 1.165) is 32.7 Å². The molecule has 2 nitrogen and oxygen atoms in total. The van der Waals surface area contributed by atoms with Crippen LogP contribution in [0, 0.1) is 0 Å². The van der Waals surface area contributed by atoms with Crippen molar-refractivity contribution < 1.29 is 9.47 Å². The largest absolute Gasteiger partial charge is 0.379 e. The molecule has 0 aliphatic carbocycles. The quantitative estimate of drug-likeness (QED) is 0.0819. The Kier molecular flexibility index (Phi) is 28.9. The van der Waals surface area contributed by atoms with Crippen molar-refractivity contribution in [2.75, 3.05) is 19.8 Å². The number of ether oxygens (including phenoxy) is 2. The molecule has 0 heterocycles. The molecule has 0 aliphatic heterocycles. The molecule has 0 aliphatic rings. The van der Waals surface area contributed by atoms with Crippen LogP contribution in [-0.4, -0.2) is 25.9 Å². The third-order valence-corrected chi connectivity index (χ3v) is 8.40. The summed E-state index contributed by atoms with van der Waals surface area (Å²) in [5.41, 5.74) is 1.41. The number of aryl methyl sites for hydroxylation is 1. The lowest BCUT2D eigenvalue weighted by Gasteiger charge is -2.18. The van der Waals surface area contributed by atoms with E-state index in [1.807, 2.05) is 0 Å². The first-order chi connectivity index (χ1) is 19.9. The lowest BCUT2D eigenvalue weighted by atomic mass is 10.1. The maximum absolute atomic E-state index is 6.34. The molecule has 1 aromatic carbocycles. The standard InChI is InChI=1S/C38H70O2/c1-3-5-7-9-11-13-15-17-19-21-23-28-34-39-36-38(33-32-37-30-26-25-27-31-37)40-35-29-24-22-20-18-16-14-12-10-8-6-4-2/h25-27,30-31,38H,3-24,28-29,32-36H2,1-2H3/t38-/m0/s1. The first-order valence-corrected chi connectivity index (χ1v) is 18.1. The van der Waals surface area contributed by atoms with Gasteiger partial charge in [0, 0.05) is 13.2 Å². The Morgan fingerprint density at radius 3 is 1.32 bits per heavy atom. The smallest absolute Gasteiger partial charge is 0.0811 e. The van der Waals surface area contributed by atoms with Gasteiger partial charge in [0.05, 0.1) is 12.7 Å². The molecule has 40 heavy (non-hydrogen) atoms. The van der Waals surface area contributed by atoms with Crippen LogP contribution in [0.15, 0.2) is 30.3 Å². The zero-order chi connectivity index (χ0) is 28.6. The molecular formula is C38H70O2. The van der Waals surface area contributed by atoms with Crippen molar-refractivity contribution in [3.63, 3.8) is 0 Å². The lowest BCUT2D eigenvalue weighted by Crippen LogP contribution is -2.22. The Labute approximate surface area is 251 Å². The monoisotopic (exact) mass is 559 g/mol. The van der Waals surface area contributed by atoms with E-state index in [-0.39, 0.29) is 6.10 Å². The number of rotatable bonds is 32. The number of unbranched alkanes of at least 4 members (excludes halogenated alkanes) is 22. The van der Waals surface area contributed by atoms with Crippen molar-refractivity contribution in [1.82, 2.24) is 0 Å². The van der Waals surface area contributed by atoms with Crippen LogP contribution in [-0.2, 0) is 15.9 Å². The molecule has 0 unspecified atom stereocenters. The molecule has 0 bridgehead atoms. The van der Waals surface area contributed by atoms with Crippen molar-refractivity contribution >= 4 is 0 Å². The van der Waals surface area contributed by atoms with Crippen molar-refractivity contribution in [3.05, 3.63) is 35.9 Å². The molecule has 0 saturated carbocycles. The van der Waals surface area contributed by atoms with Gasteiger partial charge in [-0.2, -0.15) is 0 Å². The van der Waals surface area contributed by atoms with E-state index in [1.54, 1.807) is 0 Å². The van der Waals surface area contributed by atoms with Gasteiger partial charge in [0.25, 0.3) is 0 Å². The summed E-state index contributed by atoms with van der Waals surface area (Å²) < 4.78 is 12.5. The molecule has 0 saturated heterocycles. The highest BCUT2D eigenvalue weighted by Crippen LogP contribution is 2.14. The molecule has 0 N–H and O–H groups in total. The maximum atomic E-state index is 6.34. The van der Waals surface area contributed by atoms with E-state index in [9.17, 15) is 0 Å². The molecule has 0 radical (unpaired) electrons. The third-order valence-electron chi connectivity index (χ3n) is 8.40. The molecular weight excluding hydrogens is 488 g/mol. The summed E-state index contributed by atoms with van der Waals surface area (Å²) in [6.07, 6.45) is 35.7. The van der Waals surface area contributed by atoms with Crippen LogP contribution in [0.1, 0.15) is 180 Å². The minimum absolute atomic E-state index is 0.227. The van der Waals surface area contributed by atoms with Crippen LogP contribution >= 0.6 is 0 Å². The number of hydrogen-bond acceptors (Lipinski definition) is 2. The van der Waals surface area contributed by atoms with Gasteiger partial charge in [0.2, 0.25) is 0 Å². The highest BCUT2D eigenvalue weighted by atomic mass is 16.5. The molecule has 234 valence electrons. The van der Waals surface area contributed by atoms with Gasteiger partial charge in [-0.3, -0.25) is 0 Å². The second kappa shape index (κ2) is 31.1. The fourth-order valence-corrected chi connectivity index (χ4v) is 5.64. The van der Waals surface area contributed by atoms with E-state index in [0.29, 0.717) is 0 Å². The van der Waals surface area contributed by atoms with Gasteiger partial charge >= 0.3 is 0 Å². The van der Waals surface area contributed by atoms with Crippen molar-refractivity contribution in [3.8, 4) is 0 Å². The zero-order valence-corrected chi connectivity index (χ0v) is 27.3. The SMILES string of the molecule is CCCCCCCCCCCCCCOC[C@H](CCc1ccccc1)OCCCCCCCCCCCCCC. The van der Waals surface area contributed by atoms with Crippen LogP contribution in [0.5, 0.6) is 0 Å². The Balaban J connectivity index is 2.04. The van der Waals surface area contributed by atoms with E-state index < -0.39 is 0 Å². The number of benzene rings is 1. The molecule has 1 aromatic rings. The van der Waals surface area contributed by atoms with Crippen molar-refractivity contribution in [2.24, 2.45) is 0 Å². The van der Waals surface area contributed by atoms with Gasteiger partial charge in [-0.15, -0.1) is 0 Å². The molecule has 0 fully saturated rings. The Morgan fingerprint density at radius 1 is 0.475 bits per heavy atom. The van der Waals surface area contributed by atoms with E-state index in [2.05, 4.69) is 44.2 Å². The first-order valence-electron chi connectivity index (χ1n) is 18.1. The van der Waals surface area contributed by atoms with Crippen LogP contribution in [0.25, 0.3) is 0 Å². The zero-order valence-electron chi connectivity index (χ0n) is 27.3. The molecule has 0 spiro atoms. The van der Waals surface area contributed by atoms with Gasteiger partial charge < -0.3 is 9.47 Å². The molecule has 0 amide bonds. The summed E-state index contributed by atoms with van der Waals surface area (Å²) in [7, 11) is 0. The van der Waals surface area contributed by atoms with Gasteiger partial charge in [-0.25, -0.2) is 0 Å². The van der Waals surface area contributed by atoms with Gasteiger partial charge in [-0.05, 0) is 31.2 Å². The predicted molar refractivity (Wildman–Crippen MR) is 177 cm³/mol. The summed E-state index contributed by atoms with van der Waals surface area (Å²) in [6.45, 7) is 7.12. The topological polar surface area (TPSA) is 18.5 Å². The third kappa shape index (κ3) is 26.1. The Bertz CT molecular complexity index is 586. The highest BCUT2D eigenvalue weighted by Gasteiger charge is 2.10. The van der Waals surface area contributed by atoms with E-state index >= 15 is 0 Å². The molecule has 1 atom stereocenters. The van der Waals surface area contributed by atoms with E-state index in [1.165, 1.54) is 160 Å². The molecule has 1 rings (SSSR count). The fourth-order valence-electron chi connectivity index (χ4n) is 5.64. The second-order valence-electron chi connectivity index (χ2n) is 12.4. The molecule has 2 heteroatoms. The summed E-state index contributed by atoms with van der Waals surface area (Å²) >= 11 is 0. The average molecular weight is 559 g/mol. The van der Waals surface area contributed by atoms with Crippen molar-refractivity contribution in [2.45, 2.75) is 187 Å². The summed E-state index contributed by atoms with van der Waals surface area (Å²) in [4.78, 5) is 0. The first kappa shape index (κ1) is 37.2. The second-order valence-corrected chi connectivity index (χ2v) is 12.4. The summed E-state index contributed by atoms with van der Waals surface area (Å²) in [5, 5.41) is 0. The van der Waals surface area contributed by atoms with Crippen LogP contribution in [0.3, 0.4) is 0 Å². The van der Waals surface area contributed by atoms with Crippen molar-refractivity contribution in [1.29, 1.82) is 0 Å². The predicted octanol–water partition coefficient (Wildman–Crippen LogP) is 12.4. The maximum Gasteiger partial charge on any atom is 0.0811 e. The minimum atomic E-state index is 0.227. The van der Waals surface area contributed by atoms with Gasteiger partial charge in [-0.1, -0.05) is 185 Å². The lowest BCUT2D eigenvalue weighted by molar-refractivity contribution is -0.0222. The minimum Gasteiger partial charge on any atom is -0.379 e. The van der Waals surface area contributed by atoms with Crippen LogP contribution in [0.4, 0.5) is 0 Å². The van der Waals surface area contributed by atoms with E-state index in [4.69, 9.17) is 9.47 Å². The van der Waals surface area contributed by atoms with Gasteiger partial charge in [0.15, 0.2) is 0 Å². The van der Waals surface area contributed by atoms with Crippen LogP contribution in [0.2, 0.25) is 0 Å². The number of hydrogen-bond donors (Lipinski definition) is 0. The Morgan fingerprint density at radius 2 is 0.875 bits per heavy atom. The van der Waals surface area contributed by atoms with Crippen LogP contribution < -0.4 is 0 Å². The van der Waals surface area contributed by atoms with Gasteiger partial charge in [0.1, 0.15) is 0 Å². The average Bonchev–Trinajstić information content (AvgIpc) is 2.98. The normalized spacial score (nSPS) is 12.2. The molecule has 0 aromatic heterocycles.